The Bertz CT molecular complexity index is 838. The molecule has 1 aliphatic heterocycles. The molecule has 0 radical (unpaired) electrons. The monoisotopic (exact) mass is 376 g/mol. The highest BCUT2D eigenvalue weighted by atomic mass is 32.2. The van der Waals surface area contributed by atoms with Crippen molar-refractivity contribution in [3.05, 3.63) is 47.3 Å². The SMILES string of the molecule is CC(C)Cc1ccc(S(=O)(=O)N2CCC[C@@H]2c2cc(C(C)C)on2)cc1. The van der Waals surface area contributed by atoms with Gasteiger partial charge in [0.05, 0.1) is 10.9 Å². The van der Waals surface area contributed by atoms with Gasteiger partial charge in [-0.15, -0.1) is 0 Å². The van der Waals surface area contributed by atoms with Gasteiger partial charge in [0, 0.05) is 18.5 Å². The van der Waals surface area contributed by atoms with Gasteiger partial charge in [0.2, 0.25) is 10.0 Å². The fourth-order valence-corrected chi connectivity index (χ4v) is 5.13. The van der Waals surface area contributed by atoms with Crippen LogP contribution in [-0.4, -0.2) is 24.4 Å². The molecule has 2 heterocycles. The number of rotatable bonds is 6. The lowest BCUT2D eigenvalue weighted by Crippen LogP contribution is -2.30. The average Bonchev–Trinajstić information content (AvgIpc) is 3.24. The summed E-state index contributed by atoms with van der Waals surface area (Å²) in [6, 6.07) is 8.95. The van der Waals surface area contributed by atoms with Gasteiger partial charge in [-0.3, -0.25) is 0 Å². The Labute approximate surface area is 156 Å². The molecule has 26 heavy (non-hydrogen) atoms. The summed E-state index contributed by atoms with van der Waals surface area (Å²) in [5, 5.41) is 4.14. The Morgan fingerprint density at radius 2 is 1.88 bits per heavy atom. The van der Waals surface area contributed by atoms with Crippen molar-refractivity contribution in [2.45, 2.75) is 63.8 Å². The van der Waals surface area contributed by atoms with Crippen LogP contribution in [0.5, 0.6) is 0 Å². The quantitative estimate of drug-likeness (QED) is 0.743. The molecule has 1 aliphatic rings. The van der Waals surface area contributed by atoms with Crippen LogP contribution in [0, 0.1) is 5.92 Å². The number of hydrogen-bond acceptors (Lipinski definition) is 4. The van der Waals surface area contributed by atoms with Crippen LogP contribution in [0.25, 0.3) is 0 Å². The van der Waals surface area contributed by atoms with Crippen LogP contribution in [0.4, 0.5) is 0 Å². The van der Waals surface area contributed by atoms with E-state index in [1.165, 1.54) is 0 Å². The van der Waals surface area contributed by atoms with Crippen molar-refractivity contribution in [2.24, 2.45) is 5.92 Å². The third kappa shape index (κ3) is 3.86. The molecule has 0 spiro atoms. The first-order chi connectivity index (χ1) is 12.3. The molecule has 0 unspecified atom stereocenters. The van der Waals surface area contributed by atoms with Gasteiger partial charge in [-0.25, -0.2) is 8.42 Å². The molecule has 2 aromatic rings. The van der Waals surface area contributed by atoms with Crippen LogP contribution in [0.3, 0.4) is 0 Å². The van der Waals surface area contributed by atoms with Gasteiger partial charge < -0.3 is 4.52 Å². The van der Waals surface area contributed by atoms with Crippen molar-refractivity contribution in [1.82, 2.24) is 9.46 Å². The van der Waals surface area contributed by atoms with Gasteiger partial charge in [0.15, 0.2) is 0 Å². The maximum atomic E-state index is 13.2. The van der Waals surface area contributed by atoms with Crippen LogP contribution < -0.4 is 0 Å². The number of sulfonamides is 1. The standard InChI is InChI=1S/C20H28N2O3S/c1-14(2)12-16-7-9-17(10-8-16)26(23,24)22-11-5-6-19(22)18-13-20(15(3)4)25-21-18/h7-10,13-15,19H,5-6,11-12H2,1-4H3/t19-/m1/s1. The predicted molar refractivity (Wildman–Crippen MR) is 101 cm³/mol. The number of benzene rings is 1. The minimum absolute atomic E-state index is 0.233. The lowest BCUT2D eigenvalue weighted by Gasteiger charge is -2.22. The summed E-state index contributed by atoms with van der Waals surface area (Å²) in [5.41, 5.74) is 1.88. The van der Waals surface area contributed by atoms with Gasteiger partial charge in [-0.2, -0.15) is 4.31 Å². The lowest BCUT2D eigenvalue weighted by atomic mass is 10.0. The van der Waals surface area contributed by atoms with E-state index in [-0.39, 0.29) is 12.0 Å². The molecule has 0 saturated carbocycles. The zero-order chi connectivity index (χ0) is 18.9. The van der Waals surface area contributed by atoms with Gasteiger partial charge >= 0.3 is 0 Å². The minimum Gasteiger partial charge on any atom is -0.361 e. The number of hydrogen-bond donors (Lipinski definition) is 0. The minimum atomic E-state index is -3.54. The molecule has 5 nitrogen and oxygen atoms in total. The molecule has 1 fully saturated rings. The molecular formula is C20H28N2O3S. The van der Waals surface area contributed by atoms with Crippen molar-refractivity contribution < 1.29 is 12.9 Å². The van der Waals surface area contributed by atoms with E-state index < -0.39 is 10.0 Å². The molecule has 6 heteroatoms. The molecule has 0 amide bonds. The zero-order valence-electron chi connectivity index (χ0n) is 16.0. The molecule has 1 atom stereocenters. The van der Waals surface area contributed by atoms with Crippen molar-refractivity contribution >= 4 is 10.0 Å². The van der Waals surface area contributed by atoms with Gasteiger partial charge in [-0.05, 0) is 42.9 Å². The van der Waals surface area contributed by atoms with Crippen LogP contribution in [0.2, 0.25) is 0 Å². The largest absolute Gasteiger partial charge is 0.361 e. The molecule has 1 aromatic heterocycles. The van der Waals surface area contributed by atoms with Crippen LogP contribution >= 0.6 is 0 Å². The highest BCUT2D eigenvalue weighted by Gasteiger charge is 2.38. The number of nitrogens with zero attached hydrogens (tertiary/aromatic N) is 2. The van der Waals surface area contributed by atoms with E-state index in [2.05, 4.69) is 19.0 Å². The van der Waals surface area contributed by atoms with Crippen molar-refractivity contribution in [2.75, 3.05) is 6.54 Å². The molecule has 142 valence electrons. The summed E-state index contributed by atoms with van der Waals surface area (Å²) in [7, 11) is -3.54. The molecule has 1 saturated heterocycles. The summed E-state index contributed by atoms with van der Waals surface area (Å²) in [6.45, 7) is 8.90. The van der Waals surface area contributed by atoms with E-state index in [9.17, 15) is 8.42 Å². The zero-order valence-corrected chi connectivity index (χ0v) is 16.8. The molecule has 0 bridgehead atoms. The van der Waals surface area contributed by atoms with Crippen LogP contribution in [0.1, 0.15) is 69.5 Å². The number of aromatic nitrogens is 1. The van der Waals surface area contributed by atoms with Crippen molar-refractivity contribution in [3.8, 4) is 0 Å². The predicted octanol–water partition coefficient (Wildman–Crippen LogP) is 4.52. The second-order valence-electron chi connectivity index (χ2n) is 7.82. The van der Waals surface area contributed by atoms with Gasteiger partial charge in [-0.1, -0.05) is 45.0 Å². The van der Waals surface area contributed by atoms with Gasteiger partial charge in [0.1, 0.15) is 11.5 Å². The van der Waals surface area contributed by atoms with E-state index in [0.29, 0.717) is 23.1 Å². The maximum absolute atomic E-state index is 13.2. The second-order valence-corrected chi connectivity index (χ2v) is 9.72. The van der Waals surface area contributed by atoms with E-state index in [4.69, 9.17) is 4.52 Å². The maximum Gasteiger partial charge on any atom is 0.243 e. The molecular weight excluding hydrogens is 348 g/mol. The first-order valence-corrected chi connectivity index (χ1v) is 10.8. The highest BCUT2D eigenvalue weighted by molar-refractivity contribution is 7.89. The fraction of sp³-hybridized carbons (Fsp3) is 0.550. The highest BCUT2D eigenvalue weighted by Crippen LogP contribution is 2.37. The molecule has 0 aliphatic carbocycles. The topological polar surface area (TPSA) is 63.4 Å². The Morgan fingerprint density at radius 3 is 2.46 bits per heavy atom. The second kappa shape index (κ2) is 7.53. The summed E-state index contributed by atoms with van der Waals surface area (Å²) >= 11 is 0. The van der Waals surface area contributed by atoms with Crippen molar-refractivity contribution in [1.29, 1.82) is 0 Å². The van der Waals surface area contributed by atoms with E-state index in [1.54, 1.807) is 16.4 Å². The summed E-state index contributed by atoms with van der Waals surface area (Å²) in [5.74, 6) is 1.57. The Kier molecular flexibility index (Phi) is 5.53. The van der Waals surface area contributed by atoms with Gasteiger partial charge in [0.25, 0.3) is 0 Å². The van der Waals surface area contributed by atoms with Crippen LogP contribution in [0.15, 0.2) is 39.8 Å². The van der Waals surface area contributed by atoms with E-state index >= 15 is 0 Å². The Morgan fingerprint density at radius 1 is 1.19 bits per heavy atom. The summed E-state index contributed by atoms with van der Waals surface area (Å²) in [4.78, 5) is 0.351. The molecule has 3 rings (SSSR count). The Hall–Kier alpha value is -1.66. The van der Waals surface area contributed by atoms with Crippen LogP contribution in [-0.2, 0) is 16.4 Å². The average molecular weight is 377 g/mol. The smallest absolute Gasteiger partial charge is 0.243 e. The third-order valence-corrected chi connectivity index (χ3v) is 6.76. The van der Waals surface area contributed by atoms with E-state index in [0.717, 1.165) is 30.6 Å². The summed E-state index contributed by atoms with van der Waals surface area (Å²) in [6.07, 6.45) is 2.55. The molecule has 0 N–H and O–H groups in total. The van der Waals surface area contributed by atoms with E-state index in [1.807, 2.05) is 32.0 Å². The fourth-order valence-electron chi connectivity index (χ4n) is 3.46. The first kappa shape index (κ1) is 19.1. The normalized spacial score (nSPS) is 18.9. The van der Waals surface area contributed by atoms with Crippen molar-refractivity contribution in [3.63, 3.8) is 0 Å². The molecule has 1 aromatic carbocycles. The Balaban J connectivity index is 1.85. The lowest BCUT2D eigenvalue weighted by molar-refractivity contribution is 0.338. The summed E-state index contributed by atoms with van der Waals surface area (Å²) < 4.78 is 33.3. The third-order valence-electron chi connectivity index (χ3n) is 4.83. The first-order valence-electron chi connectivity index (χ1n) is 9.36.